The number of cyclic esters (lactones) is 1. The first-order chi connectivity index (χ1) is 23.7. The summed E-state index contributed by atoms with van der Waals surface area (Å²) in [7, 11) is 3.79. The summed E-state index contributed by atoms with van der Waals surface area (Å²) in [6, 6.07) is -0.231. The van der Waals surface area contributed by atoms with E-state index in [2.05, 4.69) is 5.92 Å². The third-order valence-corrected chi connectivity index (χ3v) is 11.7. The molecule has 3 aliphatic rings. The van der Waals surface area contributed by atoms with Crippen LogP contribution in [0, 0.1) is 47.9 Å². The Bertz CT molecular complexity index is 1170. The van der Waals surface area contributed by atoms with E-state index in [4.69, 9.17) is 30.1 Å². The predicted octanol–water partition coefficient (Wildman–Crippen LogP) is 3.30. The lowest BCUT2D eigenvalue weighted by Gasteiger charge is -2.46. The zero-order valence-corrected chi connectivity index (χ0v) is 32.7. The molecule has 3 rings (SSSR count). The molecule has 0 spiro atoms. The number of terminal acetylenes is 1. The Balaban J connectivity index is 2.11. The smallest absolute Gasteiger partial charge is 0.311 e. The van der Waals surface area contributed by atoms with Crippen molar-refractivity contribution in [2.45, 2.75) is 174 Å². The van der Waals surface area contributed by atoms with Gasteiger partial charge in [-0.25, -0.2) is 0 Å². The van der Waals surface area contributed by atoms with Gasteiger partial charge in [0.2, 0.25) is 0 Å². The fourth-order valence-corrected chi connectivity index (χ4v) is 8.38. The van der Waals surface area contributed by atoms with Crippen molar-refractivity contribution in [1.29, 1.82) is 0 Å². The summed E-state index contributed by atoms with van der Waals surface area (Å²) in [5, 5.41) is 44.6. The van der Waals surface area contributed by atoms with Crippen molar-refractivity contribution in [2.75, 3.05) is 14.1 Å². The number of carbonyl (C=O) groups excluding carboxylic acids is 2. The molecule has 18 atom stereocenters. The van der Waals surface area contributed by atoms with Crippen LogP contribution in [0.1, 0.15) is 101 Å². The van der Waals surface area contributed by atoms with E-state index in [0.29, 0.717) is 32.1 Å². The summed E-state index contributed by atoms with van der Waals surface area (Å²) in [6.07, 6.45) is -0.618. The Morgan fingerprint density at radius 1 is 0.902 bits per heavy atom. The summed E-state index contributed by atoms with van der Waals surface area (Å²) >= 11 is 0. The van der Waals surface area contributed by atoms with E-state index in [1.54, 1.807) is 27.7 Å². The van der Waals surface area contributed by atoms with E-state index in [1.807, 2.05) is 46.7 Å². The summed E-state index contributed by atoms with van der Waals surface area (Å²) in [6.45, 7) is 16.0. The van der Waals surface area contributed by atoms with Gasteiger partial charge in [0, 0.05) is 42.6 Å². The molecular weight excluding hydrogens is 658 g/mol. The van der Waals surface area contributed by atoms with Gasteiger partial charge in [-0.05, 0) is 73.4 Å². The number of carbonyl (C=O) groups is 2. The second-order valence-corrected chi connectivity index (χ2v) is 16.4. The molecule has 0 bridgehead atoms. The first kappa shape index (κ1) is 43.7. The molecule has 0 aromatic heterocycles. The molecule has 0 aliphatic carbocycles. The third-order valence-electron chi connectivity index (χ3n) is 11.7. The molecule has 3 saturated heterocycles. The standard InChI is InChI=1S/C39H67NO11/c1-13-14-15-16-29-23(5)32(42)24(6)31(41)20(2)17-21(3)34(51-38-33(43)28(40(11)12)18-22(4)47-38)25(7)35(26(8)37(45)49-29)50-30-19-39(10,46)36(44)27(9)48-30/h1,20-30,32-36,38,42-44,46H,14-19H2,2-12H3/t20-,21+,22-,23+,24+,25-,26-,27+,28+,29-,30+,32+,33-,34+,35+,36+,38+,39-/m1/s1. The van der Waals surface area contributed by atoms with E-state index < -0.39 is 96.5 Å². The van der Waals surface area contributed by atoms with E-state index >= 15 is 0 Å². The SMILES string of the molecule is C#CCCC[C@H]1OC(=O)[C@H](C)[C@@H](O[C@H]2C[C@@](C)(O)[C@@H](O)[C@H](C)O2)[C@H](C)[C@@H](O[C@@H]2O[C@H](C)C[C@H](N(C)C)[C@H]2O)[C@@H](C)C[C@@H](C)C(=O)[C@H](C)[C@@H](O)[C@H]1C. The number of nitrogens with zero attached hydrogens (tertiary/aromatic N) is 1. The van der Waals surface area contributed by atoms with Gasteiger partial charge in [-0.2, -0.15) is 0 Å². The predicted molar refractivity (Wildman–Crippen MR) is 191 cm³/mol. The van der Waals surface area contributed by atoms with E-state index in [0.717, 1.165) is 0 Å². The zero-order valence-electron chi connectivity index (χ0n) is 32.7. The number of hydrogen-bond acceptors (Lipinski definition) is 12. The van der Waals surface area contributed by atoms with Gasteiger partial charge in [-0.15, -0.1) is 12.3 Å². The average Bonchev–Trinajstić information content (AvgIpc) is 3.06. The van der Waals surface area contributed by atoms with Gasteiger partial charge in [-0.3, -0.25) is 9.59 Å². The fourth-order valence-electron chi connectivity index (χ4n) is 8.38. The molecule has 0 amide bonds. The number of ketones is 1. The highest BCUT2D eigenvalue weighted by atomic mass is 16.7. The van der Waals surface area contributed by atoms with Gasteiger partial charge in [0.25, 0.3) is 0 Å². The van der Waals surface area contributed by atoms with Gasteiger partial charge in [-0.1, -0.05) is 34.6 Å². The second kappa shape index (κ2) is 18.6. The average molecular weight is 726 g/mol. The van der Waals surface area contributed by atoms with Crippen molar-refractivity contribution in [3.63, 3.8) is 0 Å². The first-order valence-corrected chi connectivity index (χ1v) is 18.9. The highest BCUT2D eigenvalue weighted by molar-refractivity contribution is 5.83. The molecule has 0 radical (unpaired) electrons. The Morgan fingerprint density at radius 3 is 2.14 bits per heavy atom. The summed E-state index contributed by atoms with van der Waals surface area (Å²) in [5.41, 5.74) is -1.52. The van der Waals surface area contributed by atoms with Crippen LogP contribution in [0.5, 0.6) is 0 Å². The lowest BCUT2D eigenvalue weighted by molar-refractivity contribution is -0.306. The van der Waals surface area contributed by atoms with Gasteiger partial charge in [0.15, 0.2) is 12.6 Å². The minimum atomic E-state index is -1.52. The Kier molecular flexibility index (Phi) is 15.9. The minimum absolute atomic E-state index is 0.0571. The maximum Gasteiger partial charge on any atom is 0.311 e. The Labute approximate surface area is 305 Å². The molecule has 3 aliphatic heterocycles. The summed E-state index contributed by atoms with van der Waals surface area (Å²) < 4.78 is 31.8. The van der Waals surface area contributed by atoms with Crippen molar-refractivity contribution in [1.82, 2.24) is 4.90 Å². The third kappa shape index (κ3) is 10.7. The molecule has 0 saturated carbocycles. The number of ether oxygens (including phenoxy) is 5. The molecular formula is C39H67NO11. The van der Waals surface area contributed by atoms with Gasteiger partial charge < -0.3 is 49.0 Å². The molecule has 51 heavy (non-hydrogen) atoms. The van der Waals surface area contributed by atoms with Crippen LogP contribution in [0.25, 0.3) is 0 Å². The van der Waals surface area contributed by atoms with Crippen LogP contribution in [0.3, 0.4) is 0 Å². The topological polar surface area (TPSA) is 164 Å². The lowest BCUT2D eigenvalue weighted by atomic mass is 9.76. The van der Waals surface area contributed by atoms with Crippen molar-refractivity contribution in [3.05, 3.63) is 0 Å². The van der Waals surface area contributed by atoms with Crippen molar-refractivity contribution in [2.24, 2.45) is 35.5 Å². The van der Waals surface area contributed by atoms with Crippen LogP contribution < -0.4 is 0 Å². The maximum atomic E-state index is 14.2. The molecule has 0 aromatic carbocycles. The molecule has 294 valence electrons. The highest BCUT2D eigenvalue weighted by Crippen LogP contribution is 2.38. The lowest BCUT2D eigenvalue weighted by Crippen LogP contribution is -2.58. The van der Waals surface area contributed by atoms with Crippen LogP contribution in [0.2, 0.25) is 0 Å². The largest absolute Gasteiger partial charge is 0.462 e. The first-order valence-electron chi connectivity index (χ1n) is 18.9. The molecule has 4 N–H and O–H groups in total. The Morgan fingerprint density at radius 2 is 1.55 bits per heavy atom. The number of esters is 1. The van der Waals surface area contributed by atoms with Crippen LogP contribution in [-0.2, 0) is 33.3 Å². The van der Waals surface area contributed by atoms with Crippen LogP contribution in [-0.4, -0.2) is 124 Å². The summed E-state index contributed by atoms with van der Waals surface area (Å²) in [5.74, 6) is -1.56. The van der Waals surface area contributed by atoms with Crippen molar-refractivity contribution < 1.29 is 53.7 Å². The Hall–Kier alpha value is -1.66. The molecule has 0 aromatic rings. The van der Waals surface area contributed by atoms with Crippen molar-refractivity contribution in [3.8, 4) is 12.3 Å². The minimum Gasteiger partial charge on any atom is -0.462 e. The normalized spacial score (nSPS) is 46.6. The van der Waals surface area contributed by atoms with Crippen LogP contribution >= 0.6 is 0 Å². The quantitative estimate of drug-likeness (QED) is 0.164. The molecule has 3 fully saturated rings. The van der Waals surface area contributed by atoms with E-state index in [-0.39, 0.29) is 30.3 Å². The number of hydrogen-bond donors (Lipinski definition) is 4. The van der Waals surface area contributed by atoms with Gasteiger partial charge >= 0.3 is 5.97 Å². The fraction of sp³-hybridized carbons (Fsp3) is 0.897. The molecule has 12 nitrogen and oxygen atoms in total. The number of unbranched alkanes of at least 4 members (excludes halogenated alkanes) is 1. The summed E-state index contributed by atoms with van der Waals surface area (Å²) in [4.78, 5) is 30.0. The van der Waals surface area contributed by atoms with Crippen LogP contribution in [0.4, 0.5) is 0 Å². The molecule has 12 heteroatoms. The molecule has 0 unspecified atom stereocenters. The molecule has 3 heterocycles. The van der Waals surface area contributed by atoms with Gasteiger partial charge in [0.1, 0.15) is 24.1 Å². The second-order valence-electron chi connectivity index (χ2n) is 16.4. The number of likely N-dealkylation sites (N-methyl/N-ethyl adjacent to an activating group) is 1. The maximum absolute atomic E-state index is 14.2. The monoisotopic (exact) mass is 725 g/mol. The number of rotatable bonds is 8. The van der Waals surface area contributed by atoms with Crippen LogP contribution in [0.15, 0.2) is 0 Å². The highest BCUT2D eigenvalue weighted by Gasteiger charge is 2.49. The van der Waals surface area contributed by atoms with Crippen molar-refractivity contribution >= 4 is 11.8 Å². The number of aliphatic hydroxyl groups excluding tert-OH is 3. The van der Waals surface area contributed by atoms with Gasteiger partial charge in [0.05, 0.1) is 42.0 Å². The number of aliphatic hydroxyl groups is 4. The number of Topliss-reactive ketones (excluding diaryl/α,β-unsaturated/α-hetero) is 1. The van der Waals surface area contributed by atoms with E-state index in [1.165, 1.54) is 6.92 Å². The van der Waals surface area contributed by atoms with E-state index in [9.17, 15) is 30.0 Å². The zero-order chi connectivity index (χ0) is 38.5.